The second-order valence-electron chi connectivity index (χ2n) is 8.23. The van der Waals surface area contributed by atoms with Gasteiger partial charge >= 0.3 is 6.01 Å². The molecule has 28 heavy (non-hydrogen) atoms. The maximum atomic E-state index is 12.8. The average molecular weight is 402 g/mol. The van der Waals surface area contributed by atoms with Crippen LogP contribution in [-0.4, -0.2) is 46.7 Å². The quantitative estimate of drug-likeness (QED) is 0.815. The molecule has 3 aliphatic rings. The lowest BCUT2D eigenvalue weighted by Crippen LogP contribution is -2.45. The van der Waals surface area contributed by atoms with E-state index < -0.39 is 6.04 Å². The van der Waals surface area contributed by atoms with Gasteiger partial charge in [-0.25, -0.2) is 0 Å². The summed E-state index contributed by atoms with van der Waals surface area (Å²) in [4.78, 5) is 14.7. The van der Waals surface area contributed by atoms with Gasteiger partial charge in [0.15, 0.2) is 0 Å². The lowest BCUT2D eigenvalue weighted by molar-refractivity contribution is -0.133. The van der Waals surface area contributed by atoms with Gasteiger partial charge in [-0.3, -0.25) is 4.79 Å². The van der Waals surface area contributed by atoms with Crippen LogP contribution in [0.3, 0.4) is 0 Å². The number of nitrogens with one attached hydrogen (secondary N) is 2. The minimum Gasteiger partial charge on any atom is -0.403 e. The van der Waals surface area contributed by atoms with Gasteiger partial charge in [-0.2, -0.15) is 0 Å². The molecular formula is C20H24ClN5O2. The van der Waals surface area contributed by atoms with Crippen LogP contribution in [0.5, 0.6) is 0 Å². The number of likely N-dealkylation sites (tertiary alicyclic amines) is 1. The lowest BCUT2D eigenvalue weighted by Gasteiger charge is -2.33. The van der Waals surface area contributed by atoms with Crippen LogP contribution in [0.2, 0.25) is 5.02 Å². The highest BCUT2D eigenvalue weighted by atomic mass is 35.5. The molecule has 2 aromatic rings. The minimum absolute atomic E-state index is 0.0873. The number of fused-ring (bicyclic) bond motifs is 1. The Hall–Kier alpha value is -2.28. The summed E-state index contributed by atoms with van der Waals surface area (Å²) >= 11 is 6.27. The SMILES string of the molecule is C[C@H](Nc1nnc(-c2ccc(Cl)c3c2NCC3)o1)C(=O)N1CCC2(CC1)CC2. The zero-order valence-corrected chi connectivity index (χ0v) is 16.7. The molecule has 1 saturated carbocycles. The summed E-state index contributed by atoms with van der Waals surface area (Å²) in [6, 6.07) is 3.59. The maximum Gasteiger partial charge on any atom is 0.316 e. The molecule has 1 aromatic heterocycles. The first-order chi connectivity index (χ1) is 13.5. The van der Waals surface area contributed by atoms with Crippen molar-refractivity contribution in [1.29, 1.82) is 0 Å². The number of anilines is 2. The summed E-state index contributed by atoms with van der Waals surface area (Å²) in [5.74, 6) is 0.502. The van der Waals surface area contributed by atoms with Crippen molar-refractivity contribution in [3.63, 3.8) is 0 Å². The van der Waals surface area contributed by atoms with Crippen LogP contribution in [0.1, 0.15) is 38.2 Å². The van der Waals surface area contributed by atoms with E-state index in [2.05, 4.69) is 20.8 Å². The number of piperidine rings is 1. The molecule has 1 aromatic carbocycles. The molecule has 1 aliphatic carbocycles. The fourth-order valence-corrected chi connectivity index (χ4v) is 4.60. The predicted octanol–water partition coefficient (Wildman–Crippen LogP) is 3.56. The van der Waals surface area contributed by atoms with Crippen LogP contribution in [0.4, 0.5) is 11.7 Å². The van der Waals surface area contributed by atoms with Gasteiger partial charge in [-0.05, 0) is 62.1 Å². The molecule has 2 fully saturated rings. The number of amides is 1. The van der Waals surface area contributed by atoms with Gasteiger partial charge in [-0.15, -0.1) is 5.10 Å². The number of nitrogens with zero attached hydrogens (tertiary/aromatic N) is 3. The van der Waals surface area contributed by atoms with Crippen LogP contribution in [0, 0.1) is 5.41 Å². The number of rotatable bonds is 4. The fourth-order valence-electron chi connectivity index (χ4n) is 4.35. The van der Waals surface area contributed by atoms with E-state index in [1.165, 1.54) is 12.8 Å². The van der Waals surface area contributed by atoms with E-state index in [4.69, 9.17) is 16.0 Å². The van der Waals surface area contributed by atoms with Gasteiger partial charge < -0.3 is 20.0 Å². The van der Waals surface area contributed by atoms with Crippen LogP contribution in [-0.2, 0) is 11.2 Å². The predicted molar refractivity (Wildman–Crippen MR) is 108 cm³/mol. The van der Waals surface area contributed by atoms with Crippen molar-refractivity contribution in [3.8, 4) is 11.5 Å². The van der Waals surface area contributed by atoms with Crippen LogP contribution >= 0.6 is 11.6 Å². The normalized spacial score (nSPS) is 20.6. The van der Waals surface area contributed by atoms with E-state index in [1.807, 2.05) is 24.0 Å². The molecule has 1 amide bonds. The highest BCUT2D eigenvalue weighted by Gasteiger charge is 2.45. The van der Waals surface area contributed by atoms with Crippen molar-refractivity contribution < 1.29 is 9.21 Å². The molecule has 8 heteroatoms. The van der Waals surface area contributed by atoms with Gasteiger partial charge in [0, 0.05) is 24.7 Å². The maximum absolute atomic E-state index is 12.8. The van der Waals surface area contributed by atoms with Crippen molar-refractivity contribution in [2.75, 3.05) is 30.3 Å². The lowest BCUT2D eigenvalue weighted by atomic mass is 9.93. The van der Waals surface area contributed by atoms with Gasteiger partial charge in [0.05, 0.1) is 11.3 Å². The topological polar surface area (TPSA) is 83.3 Å². The standard InChI is InChI=1S/C20H24ClN5O2/c1-12(18(27)26-10-7-20(5-6-20)8-11-26)23-19-25-24-17(28-19)14-2-3-15(21)13-4-9-22-16(13)14/h2-3,12,22H,4-11H2,1H3,(H,23,25)/t12-/m0/s1. The Labute approximate surface area is 168 Å². The molecular weight excluding hydrogens is 378 g/mol. The second-order valence-corrected chi connectivity index (χ2v) is 8.64. The number of benzene rings is 1. The molecule has 1 saturated heterocycles. The van der Waals surface area contributed by atoms with Crippen molar-refractivity contribution in [3.05, 3.63) is 22.7 Å². The zero-order valence-electron chi connectivity index (χ0n) is 15.9. The monoisotopic (exact) mass is 401 g/mol. The summed E-state index contributed by atoms with van der Waals surface area (Å²) in [6.45, 7) is 4.38. The molecule has 0 radical (unpaired) electrons. The smallest absolute Gasteiger partial charge is 0.316 e. The summed E-state index contributed by atoms with van der Waals surface area (Å²) in [5, 5.41) is 15.4. The Kier molecular flexibility index (Phi) is 4.23. The number of hydrogen-bond acceptors (Lipinski definition) is 6. The summed E-state index contributed by atoms with van der Waals surface area (Å²) in [6.07, 6.45) is 5.80. The largest absolute Gasteiger partial charge is 0.403 e. The number of carbonyl (C=O) groups is 1. The van der Waals surface area contributed by atoms with Gasteiger partial charge in [0.2, 0.25) is 5.91 Å². The number of hydrogen-bond donors (Lipinski definition) is 2. The van der Waals surface area contributed by atoms with Crippen molar-refractivity contribution in [2.24, 2.45) is 5.41 Å². The Bertz CT molecular complexity index is 913. The van der Waals surface area contributed by atoms with Crippen LogP contribution in [0.25, 0.3) is 11.5 Å². The van der Waals surface area contributed by atoms with E-state index >= 15 is 0 Å². The van der Waals surface area contributed by atoms with E-state index in [0.29, 0.717) is 11.3 Å². The third-order valence-electron chi connectivity index (χ3n) is 6.39. The molecule has 1 atom stereocenters. The molecule has 2 aliphatic heterocycles. The first kappa shape index (κ1) is 17.8. The number of aromatic nitrogens is 2. The first-order valence-electron chi connectivity index (χ1n) is 9.99. The Balaban J connectivity index is 1.27. The average Bonchev–Trinajstić information content (AvgIpc) is 3.11. The van der Waals surface area contributed by atoms with Crippen LogP contribution in [0.15, 0.2) is 16.5 Å². The highest BCUT2D eigenvalue weighted by Crippen LogP contribution is 2.53. The first-order valence-corrected chi connectivity index (χ1v) is 10.4. The minimum atomic E-state index is -0.407. The highest BCUT2D eigenvalue weighted by molar-refractivity contribution is 6.32. The van der Waals surface area contributed by atoms with Gasteiger partial charge in [-0.1, -0.05) is 16.7 Å². The van der Waals surface area contributed by atoms with Crippen molar-refractivity contribution in [2.45, 2.75) is 45.1 Å². The van der Waals surface area contributed by atoms with Gasteiger partial charge in [0.25, 0.3) is 5.89 Å². The third kappa shape index (κ3) is 3.11. The van der Waals surface area contributed by atoms with Crippen molar-refractivity contribution in [1.82, 2.24) is 15.1 Å². The van der Waals surface area contributed by atoms with E-state index in [1.54, 1.807) is 0 Å². The molecule has 2 N–H and O–H groups in total. The Morgan fingerprint density at radius 3 is 2.82 bits per heavy atom. The third-order valence-corrected chi connectivity index (χ3v) is 6.75. The van der Waals surface area contributed by atoms with E-state index in [0.717, 1.165) is 60.7 Å². The van der Waals surface area contributed by atoms with Crippen molar-refractivity contribution >= 4 is 29.2 Å². The zero-order chi connectivity index (χ0) is 19.3. The summed E-state index contributed by atoms with van der Waals surface area (Å²) < 4.78 is 5.80. The van der Waals surface area contributed by atoms with E-state index in [9.17, 15) is 4.79 Å². The number of carbonyl (C=O) groups excluding carboxylic acids is 1. The van der Waals surface area contributed by atoms with Gasteiger partial charge in [0.1, 0.15) is 6.04 Å². The fraction of sp³-hybridized carbons (Fsp3) is 0.550. The molecule has 3 heterocycles. The van der Waals surface area contributed by atoms with E-state index in [-0.39, 0.29) is 11.9 Å². The number of halogens is 1. The Morgan fingerprint density at radius 2 is 2.07 bits per heavy atom. The summed E-state index contributed by atoms with van der Waals surface area (Å²) in [7, 11) is 0. The molecule has 1 spiro atoms. The molecule has 148 valence electrons. The second kappa shape index (κ2) is 6.65. The summed E-state index contributed by atoms with van der Waals surface area (Å²) in [5.41, 5.74) is 3.42. The van der Waals surface area contributed by atoms with Crippen LogP contribution < -0.4 is 10.6 Å². The molecule has 5 rings (SSSR count). The Morgan fingerprint density at radius 1 is 1.29 bits per heavy atom. The molecule has 7 nitrogen and oxygen atoms in total. The molecule has 0 bridgehead atoms. The molecule has 0 unspecified atom stereocenters.